The Kier molecular flexibility index (Phi) is 7.80. The molecule has 0 saturated heterocycles. The van der Waals surface area contributed by atoms with Gasteiger partial charge in [-0.3, -0.25) is 9.11 Å². The van der Waals surface area contributed by atoms with Crippen molar-refractivity contribution in [3.63, 3.8) is 0 Å². The van der Waals surface area contributed by atoms with Crippen LogP contribution in [-0.2, 0) is 10.0 Å². The van der Waals surface area contributed by atoms with Crippen molar-refractivity contribution >= 4 is 38.2 Å². The van der Waals surface area contributed by atoms with Gasteiger partial charge in [-0.15, -0.1) is 0 Å². The number of alkyl halides is 2. The van der Waals surface area contributed by atoms with Crippen molar-refractivity contribution in [1.29, 1.82) is 0 Å². The Hall–Kier alpha value is -4.20. The second-order valence-corrected chi connectivity index (χ2v) is 9.90. The number of nitrogen functional groups attached to an aromatic ring is 2. The molecule has 0 fully saturated rings. The van der Waals surface area contributed by atoms with Crippen LogP contribution in [0.2, 0.25) is 0 Å². The Balaban J connectivity index is 1.84. The van der Waals surface area contributed by atoms with Gasteiger partial charge >= 0.3 is 0 Å². The maximum Gasteiger partial charge on any atom is 0.232 e. The number of rotatable bonds is 10. The summed E-state index contributed by atoms with van der Waals surface area (Å²) < 4.78 is 86.8. The number of ether oxygens (including phenoxy) is 1. The van der Waals surface area contributed by atoms with Crippen LogP contribution in [-0.4, -0.2) is 49.1 Å². The molecule has 38 heavy (non-hydrogen) atoms. The summed E-state index contributed by atoms with van der Waals surface area (Å²) in [6.07, 6.45) is 1.02. The van der Waals surface area contributed by atoms with Crippen molar-refractivity contribution in [2.45, 2.75) is 6.42 Å². The number of nitrogens with zero attached hydrogens (tertiary/aromatic N) is 3. The fraction of sp³-hybridized carbons (Fsp3) is 0.208. The lowest BCUT2D eigenvalue weighted by atomic mass is 10.0. The molecule has 0 bridgehead atoms. The SMILES string of the molecule is Nc1ncc(-c2nc(N)c3cc(-c4cccc(NS(=O)(=O)CCCF)c4F)cc(OCCF)c3n2)cc1F. The van der Waals surface area contributed by atoms with Crippen molar-refractivity contribution in [2.24, 2.45) is 0 Å². The molecule has 0 aliphatic heterocycles. The van der Waals surface area contributed by atoms with Crippen LogP contribution in [0.1, 0.15) is 6.42 Å². The van der Waals surface area contributed by atoms with Crippen LogP contribution in [0.15, 0.2) is 42.6 Å². The third-order valence-electron chi connectivity index (χ3n) is 5.38. The topological polar surface area (TPSA) is 146 Å². The molecule has 0 unspecified atom stereocenters. The van der Waals surface area contributed by atoms with E-state index in [9.17, 15) is 21.6 Å². The number of aromatic nitrogens is 3. The molecule has 4 rings (SSSR count). The molecule has 9 nitrogen and oxygen atoms in total. The number of halogens is 4. The smallest absolute Gasteiger partial charge is 0.232 e. The van der Waals surface area contributed by atoms with Crippen molar-refractivity contribution in [1.82, 2.24) is 15.0 Å². The first-order valence-corrected chi connectivity index (χ1v) is 12.9. The molecule has 200 valence electrons. The largest absolute Gasteiger partial charge is 0.489 e. The van der Waals surface area contributed by atoms with E-state index >= 15 is 4.39 Å². The third kappa shape index (κ3) is 5.69. The Bertz CT molecular complexity index is 1600. The molecule has 4 aromatic rings. The summed E-state index contributed by atoms with van der Waals surface area (Å²) >= 11 is 0. The molecule has 0 saturated carbocycles. The second kappa shape index (κ2) is 11.0. The predicted molar refractivity (Wildman–Crippen MR) is 136 cm³/mol. The molecule has 2 aromatic heterocycles. The first-order valence-electron chi connectivity index (χ1n) is 11.2. The van der Waals surface area contributed by atoms with Crippen LogP contribution in [0.5, 0.6) is 5.75 Å². The number of hydrogen-bond donors (Lipinski definition) is 3. The Morgan fingerprint density at radius 1 is 0.974 bits per heavy atom. The van der Waals surface area contributed by atoms with E-state index in [1.54, 1.807) is 0 Å². The zero-order valence-electron chi connectivity index (χ0n) is 19.7. The summed E-state index contributed by atoms with van der Waals surface area (Å²) in [5.74, 6) is -2.58. The van der Waals surface area contributed by atoms with E-state index in [0.29, 0.717) is 0 Å². The number of pyridine rings is 1. The van der Waals surface area contributed by atoms with Gasteiger partial charge in [0.15, 0.2) is 23.3 Å². The maximum absolute atomic E-state index is 15.4. The van der Waals surface area contributed by atoms with Gasteiger partial charge in [-0.05, 0) is 36.2 Å². The van der Waals surface area contributed by atoms with Crippen LogP contribution in [0.4, 0.5) is 34.9 Å². The van der Waals surface area contributed by atoms with Crippen LogP contribution in [0.3, 0.4) is 0 Å². The van der Waals surface area contributed by atoms with Gasteiger partial charge in [0.05, 0.1) is 18.1 Å². The summed E-state index contributed by atoms with van der Waals surface area (Å²) in [6.45, 7) is -2.03. The van der Waals surface area contributed by atoms with Crippen LogP contribution < -0.4 is 20.9 Å². The normalized spacial score (nSPS) is 11.6. The fourth-order valence-corrected chi connectivity index (χ4v) is 4.72. The van der Waals surface area contributed by atoms with Gasteiger partial charge in [0, 0.05) is 22.7 Å². The Labute approximate surface area is 214 Å². The second-order valence-electron chi connectivity index (χ2n) is 8.06. The van der Waals surface area contributed by atoms with E-state index in [1.807, 2.05) is 0 Å². The van der Waals surface area contributed by atoms with Gasteiger partial charge in [0.1, 0.15) is 30.4 Å². The Morgan fingerprint density at radius 3 is 2.47 bits per heavy atom. The van der Waals surface area contributed by atoms with Gasteiger partial charge in [-0.25, -0.2) is 36.5 Å². The monoisotopic (exact) mass is 550 g/mol. The summed E-state index contributed by atoms with van der Waals surface area (Å²) in [4.78, 5) is 12.3. The zero-order chi connectivity index (χ0) is 27.4. The van der Waals surface area contributed by atoms with Crippen LogP contribution in [0.25, 0.3) is 33.4 Å². The van der Waals surface area contributed by atoms with Crippen molar-refractivity contribution in [3.05, 3.63) is 54.2 Å². The van der Waals surface area contributed by atoms with Crippen molar-refractivity contribution < 1.29 is 30.7 Å². The highest BCUT2D eigenvalue weighted by Crippen LogP contribution is 2.37. The molecule has 0 atom stereocenters. The molecular formula is C24H22F4N6O3S. The molecule has 2 heterocycles. The number of anilines is 3. The van der Waals surface area contributed by atoms with E-state index in [4.69, 9.17) is 16.2 Å². The molecule has 0 amide bonds. The van der Waals surface area contributed by atoms with Gasteiger partial charge in [-0.2, -0.15) is 0 Å². The van der Waals surface area contributed by atoms with Crippen molar-refractivity contribution in [2.75, 3.05) is 41.9 Å². The summed E-state index contributed by atoms with van der Waals surface area (Å²) in [5.41, 5.74) is 11.7. The highest BCUT2D eigenvalue weighted by molar-refractivity contribution is 7.92. The number of sulfonamides is 1. The lowest BCUT2D eigenvalue weighted by Gasteiger charge is -2.15. The summed E-state index contributed by atoms with van der Waals surface area (Å²) in [7, 11) is -3.99. The van der Waals surface area contributed by atoms with E-state index in [1.165, 1.54) is 36.5 Å². The standard InChI is InChI=1S/C24H22F4N6O3S/c25-5-2-8-38(35,36)34-18-4-1-3-15(20(18)28)13-9-16-21(19(11-13)37-7-6-26)32-24(33-22(16)29)14-10-17(27)23(30)31-12-14/h1,3-4,9-12,34H,2,5-8H2,(H2,30,31)(H2,29,32,33). The first kappa shape index (κ1) is 26.9. The zero-order valence-corrected chi connectivity index (χ0v) is 20.5. The van der Waals surface area contributed by atoms with E-state index in [0.717, 1.165) is 6.07 Å². The van der Waals surface area contributed by atoms with Crippen LogP contribution >= 0.6 is 0 Å². The van der Waals surface area contributed by atoms with E-state index in [2.05, 4.69) is 19.7 Å². The summed E-state index contributed by atoms with van der Waals surface area (Å²) in [5, 5.41) is 0.220. The van der Waals surface area contributed by atoms with E-state index in [-0.39, 0.29) is 69.5 Å². The lowest BCUT2D eigenvalue weighted by Crippen LogP contribution is -2.18. The van der Waals surface area contributed by atoms with Gasteiger partial charge in [0.2, 0.25) is 10.0 Å². The molecule has 2 aromatic carbocycles. The molecule has 5 N–H and O–H groups in total. The average molecular weight is 551 g/mol. The molecule has 0 aliphatic carbocycles. The Morgan fingerprint density at radius 2 is 1.76 bits per heavy atom. The molecule has 0 radical (unpaired) electrons. The van der Waals surface area contributed by atoms with Gasteiger partial charge in [0.25, 0.3) is 0 Å². The minimum Gasteiger partial charge on any atom is -0.489 e. The molecule has 14 heteroatoms. The predicted octanol–water partition coefficient (Wildman–Crippen LogP) is 4.25. The third-order valence-corrected chi connectivity index (χ3v) is 6.74. The quantitative estimate of drug-likeness (QED) is 0.249. The minimum absolute atomic E-state index is 0.00453. The van der Waals surface area contributed by atoms with Crippen LogP contribution in [0, 0.1) is 11.6 Å². The maximum atomic E-state index is 15.4. The number of hydrogen-bond acceptors (Lipinski definition) is 8. The highest BCUT2D eigenvalue weighted by atomic mass is 32.2. The van der Waals surface area contributed by atoms with Gasteiger partial charge < -0.3 is 16.2 Å². The van der Waals surface area contributed by atoms with E-state index < -0.39 is 40.8 Å². The fourth-order valence-electron chi connectivity index (χ4n) is 3.63. The summed E-state index contributed by atoms with van der Waals surface area (Å²) in [6, 6.07) is 7.95. The molecule has 0 spiro atoms. The molecule has 0 aliphatic rings. The van der Waals surface area contributed by atoms with Gasteiger partial charge in [-0.1, -0.05) is 12.1 Å². The lowest BCUT2D eigenvalue weighted by molar-refractivity contribution is 0.275. The van der Waals surface area contributed by atoms with Crippen molar-refractivity contribution in [3.8, 4) is 28.3 Å². The average Bonchev–Trinajstić information content (AvgIpc) is 2.89. The number of nitrogens with one attached hydrogen (secondary N) is 1. The molecular weight excluding hydrogens is 528 g/mol. The number of fused-ring (bicyclic) bond motifs is 1. The first-order chi connectivity index (χ1) is 18.1. The minimum atomic E-state index is -3.99. The number of benzene rings is 2. The highest BCUT2D eigenvalue weighted by Gasteiger charge is 2.20. The number of nitrogens with two attached hydrogens (primary N) is 2.